The van der Waals surface area contributed by atoms with E-state index in [0.29, 0.717) is 0 Å². The van der Waals surface area contributed by atoms with Gasteiger partial charge in [-0.15, -0.1) is 0 Å². The van der Waals surface area contributed by atoms with Crippen LogP contribution in [0.4, 0.5) is 0 Å². The maximum absolute atomic E-state index is 11.3. The topological polar surface area (TPSA) is 50.1 Å². The van der Waals surface area contributed by atoms with Gasteiger partial charge in [0.1, 0.15) is 6.61 Å². The third-order valence-electron chi connectivity index (χ3n) is 2.34. The summed E-state index contributed by atoms with van der Waals surface area (Å²) in [5.41, 5.74) is 2.10. The molecule has 1 aromatic rings. The molecule has 16 heavy (non-hydrogen) atoms. The van der Waals surface area contributed by atoms with Crippen LogP contribution in [0.5, 0.6) is 0 Å². The highest BCUT2D eigenvalue weighted by atomic mass is 16.5. The Bertz CT molecular complexity index is 407. The first-order valence-electron chi connectivity index (χ1n) is 5.23. The fourth-order valence-corrected chi connectivity index (χ4v) is 1.28. The lowest BCUT2D eigenvalue weighted by molar-refractivity contribution is -0.145. The van der Waals surface area contributed by atoms with Crippen LogP contribution in [-0.4, -0.2) is 5.97 Å². The fourth-order valence-electron chi connectivity index (χ4n) is 1.28. The number of ether oxygens (including phenoxy) is 1. The number of nitriles is 1. The molecule has 0 heterocycles. The number of hydrogen-bond acceptors (Lipinski definition) is 3. The summed E-state index contributed by atoms with van der Waals surface area (Å²) in [6.07, 6.45) is 0.155. The van der Waals surface area contributed by atoms with Crippen LogP contribution >= 0.6 is 0 Å². The van der Waals surface area contributed by atoms with Gasteiger partial charge in [-0.3, -0.25) is 4.79 Å². The van der Waals surface area contributed by atoms with E-state index in [9.17, 15) is 4.79 Å². The zero-order valence-corrected chi connectivity index (χ0v) is 9.56. The van der Waals surface area contributed by atoms with Gasteiger partial charge in [-0.25, -0.2) is 0 Å². The van der Waals surface area contributed by atoms with Crippen molar-refractivity contribution in [3.05, 3.63) is 35.4 Å². The maximum Gasteiger partial charge on any atom is 0.307 e. The first kappa shape index (κ1) is 12.3. The molecule has 0 amide bonds. The zero-order valence-electron chi connectivity index (χ0n) is 9.56. The van der Waals surface area contributed by atoms with Gasteiger partial charge in [0.15, 0.2) is 0 Å². The Hall–Kier alpha value is -1.82. The molecular formula is C13H15NO2. The molecule has 0 spiro atoms. The van der Waals surface area contributed by atoms with Crippen molar-refractivity contribution in [3.8, 4) is 6.07 Å². The lowest BCUT2D eigenvalue weighted by atomic mass is 10.1. The van der Waals surface area contributed by atoms with Gasteiger partial charge in [-0.05, 0) is 25.0 Å². The van der Waals surface area contributed by atoms with Crippen molar-refractivity contribution in [1.82, 2.24) is 0 Å². The fraction of sp³-hybridized carbons (Fsp3) is 0.385. The van der Waals surface area contributed by atoms with E-state index in [1.165, 1.54) is 0 Å². The SMILES string of the molecule is Cc1ccccc1COC(=O)CC(C)C#N. The van der Waals surface area contributed by atoms with Crippen LogP contribution < -0.4 is 0 Å². The quantitative estimate of drug-likeness (QED) is 0.728. The van der Waals surface area contributed by atoms with Crippen molar-refractivity contribution in [2.24, 2.45) is 5.92 Å². The summed E-state index contributed by atoms with van der Waals surface area (Å²) in [6, 6.07) is 9.76. The van der Waals surface area contributed by atoms with Crippen LogP contribution in [0.3, 0.4) is 0 Å². The van der Waals surface area contributed by atoms with Crippen LogP contribution in [0.2, 0.25) is 0 Å². The van der Waals surface area contributed by atoms with Crippen molar-refractivity contribution in [3.63, 3.8) is 0 Å². The van der Waals surface area contributed by atoms with E-state index in [1.54, 1.807) is 6.92 Å². The Morgan fingerprint density at radius 1 is 1.50 bits per heavy atom. The second-order valence-electron chi connectivity index (χ2n) is 3.82. The predicted octanol–water partition coefficient (Wildman–Crippen LogP) is 2.59. The molecule has 0 saturated carbocycles. The number of nitrogens with zero attached hydrogens (tertiary/aromatic N) is 1. The van der Waals surface area contributed by atoms with Crippen LogP contribution in [0, 0.1) is 24.2 Å². The van der Waals surface area contributed by atoms with Crippen LogP contribution in [-0.2, 0) is 16.1 Å². The van der Waals surface area contributed by atoms with Crippen LogP contribution in [0.15, 0.2) is 24.3 Å². The smallest absolute Gasteiger partial charge is 0.307 e. The average Bonchev–Trinajstić information content (AvgIpc) is 2.28. The molecule has 0 aromatic heterocycles. The van der Waals surface area contributed by atoms with Crippen molar-refractivity contribution in [2.75, 3.05) is 0 Å². The number of benzene rings is 1. The highest BCUT2D eigenvalue weighted by molar-refractivity contribution is 5.70. The lowest BCUT2D eigenvalue weighted by Crippen LogP contribution is -2.08. The highest BCUT2D eigenvalue weighted by Gasteiger charge is 2.09. The number of carbonyl (C=O) groups excluding carboxylic acids is 1. The van der Waals surface area contributed by atoms with E-state index < -0.39 is 0 Å². The molecule has 1 unspecified atom stereocenters. The van der Waals surface area contributed by atoms with Gasteiger partial charge in [-0.2, -0.15) is 5.26 Å². The predicted molar refractivity (Wildman–Crippen MR) is 60.4 cm³/mol. The molecule has 0 radical (unpaired) electrons. The molecule has 3 nitrogen and oxygen atoms in total. The van der Waals surface area contributed by atoms with Gasteiger partial charge in [0.2, 0.25) is 0 Å². The van der Waals surface area contributed by atoms with E-state index in [1.807, 2.05) is 37.3 Å². The van der Waals surface area contributed by atoms with Crippen molar-refractivity contribution < 1.29 is 9.53 Å². The number of hydrogen-bond donors (Lipinski definition) is 0. The Morgan fingerprint density at radius 3 is 2.81 bits per heavy atom. The largest absolute Gasteiger partial charge is 0.461 e. The van der Waals surface area contributed by atoms with Gasteiger partial charge < -0.3 is 4.74 Å². The van der Waals surface area contributed by atoms with E-state index in [2.05, 4.69) is 0 Å². The summed E-state index contributed by atoms with van der Waals surface area (Å²) in [6.45, 7) is 3.96. The van der Waals surface area contributed by atoms with E-state index in [-0.39, 0.29) is 24.9 Å². The minimum Gasteiger partial charge on any atom is -0.461 e. The summed E-state index contributed by atoms with van der Waals surface area (Å²) in [5.74, 6) is -0.610. The normalized spacial score (nSPS) is 11.6. The van der Waals surface area contributed by atoms with E-state index in [4.69, 9.17) is 10.00 Å². The third kappa shape index (κ3) is 3.74. The standard InChI is InChI=1S/C13H15NO2/c1-10(8-14)7-13(15)16-9-12-6-4-3-5-11(12)2/h3-6,10H,7,9H2,1-2H3. The summed E-state index contributed by atoms with van der Waals surface area (Å²) >= 11 is 0. The molecule has 0 saturated heterocycles. The molecule has 1 rings (SSSR count). The van der Waals surface area contributed by atoms with Crippen LogP contribution in [0.25, 0.3) is 0 Å². The average molecular weight is 217 g/mol. The Kier molecular flexibility index (Phi) is 4.53. The molecule has 0 fully saturated rings. The molecule has 1 atom stereocenters. The molecule has 3 heteroatoms. The van der Waals surface area contributed by atoms with Gasteiger partial charge in [0, 0.05) is 0 Å². The Balaban J connectivity index is 2.44. The summed E-state index contributed by atoms with van der Waals surface area (Å²) in [5, 5.41) is 8.56. The summed E-state index contributed by atoms with van der Waals surface area (Å²) < 4.78 is 5.09. The molecule has 84 valence electrons. The summed E-state index contributed by atoms with van der Waals surface area (Å²) in [4.78, 5) is 11.3. The molecule has 0 aliphatic rings. The minimum atomic E-state index is -0.322. The molecule has 1 aromatic carbocycles. The molecule has 0 aliphatic carbocycles. The Morgan fingerprint density at radius 2 is 2.19 bits per heavy atom. The Labute approximate surface area is 95.7 Å². The molecule has 0 aliphatic heterocycles. The second kappa shape index (κ2) is 5.92. The van der Waals surface area contributed by atoms with Gasteiger partial charge in [0.05, 0.1) is 18.4 Å². The second-order valence-corrected chi connectivity index (χ2v) is 3.82. The number of aryl methyl sites for hydroxylation is 1. The molecular weight excluding hydrogens is 202 g/mol. The van der Waals surface area contributed by atoms with Crippen molar-refractivity contribution in [1.29, 1.82) is 5.26 Å². The third-order valence-corrected chi connectivity index (χ3v) is 2.34. The monoisotopic (exact) mass is 217 g/mol. The number of carbonyl (C=O) groups is 1. The maximum atomic E-state index is 11.3. The minimum absolute atomic E-state index is 0.155. The molecule has 0 N–H and O–H groups in total. The zero-order chi connectivity index (χ0) is 12.0. The van der Waals surface area contributed by atoms with Crippen molar-refractivity contribution in [2.45, 2.75) is 26.9 Å². The lowest BCUT2D eigenvalue weighted by Gasteiger charge is -2.07. The van der Waals surface area contributed by atoms with Crippen molar-refractivity contribution >= 4 is 5.97 Å². The molecule has 0 bridgehead atoms. The van der Waals surface area contributed by atoms with Gasteiger partial charge in [0.25, 0.3) is 0 Å². The van der Waals surface area contributed by atoms with Gasteiger partial charge in [-0.1, -0.05) is 24.3 Å². The first-order valence-corrected chi connectivity index (χ1v) is 5.23. The van der Waals surface area contributed by atoms with E-state index in [0.717, 1.165) is 11.1 Å². The number of esters is 1. The number of rotatable bonds is 4. The van der Waals surface area contributed by atoms with Gasteiger partial charge >= 0.3 is 5.97 Å². The first-order chi connectivity index (χ1) is 7.63. The summed E-state index contributed by atoms with van der Waals surface area (Å²) in [7, 11) is 0. The van der Waals surface area contributed by atoms with Crippen LogP contribution in [0.1, 0.15) is 24.5 Å². The van der Waals surface area contributed by atoms with E-state index >= 15 is 0 Å². The highest BCUT2D eigenvalue weighted by Crippen LogP contribution is 2.09.